The normalized spacial score (nSPS) is 18.6. The average Bonchev–Trinajstić information content (AvgIpc) is 3.08. The zero-order valence-electron chi connectivity index (χ0n) is 18.1. The molecule has 0 aromatic heterocycles. The summed E-state index contributed by atoms with van der Waals surface area (Å²) in [5.74, 6) is 0.801. The maximum Gasteiger partial charge on any atom is 0.198 e. The van der Waals surface area contributed by atoms with E-state index in [1.54, 1.807) is 36.4 Å². The highest BCUT2D eigenvalue weighted by atomic mass is 16.5. The van der Waals surface area contributed by atoms with Gasteiger partial charge in [0.05, 0.1) is 5.57 Å². The van der Waals surface area contributed by atoms with Gasteiger partial charge in [-0.25, -0.2) is 0 Å². The molecule has 1 fully saturated rings. The predicted octanol–water partition coefficient (Wildman–Crippen LogP) is 5.88. The molecule has 0 radical (unpaired) electrons. The molecule has 4 nitrogen and oxygen atoms in total. The third kappa shape index (κ3) is 3.84. The molecule has 2 aromatic carbocycles. The van der Waals surface area contributed by atoms with E-state index < -0.39 is 0 Å². The number of carbonyl (C=O) groups excluding carboxylic acids is 2. The Morgan fingerprint density at radius 1 is 0.812 bits per heavy atom. The van der Waals surface area contributed by atoms with Crippen molar-refractivity contribution in [3.05, 3.63) is 106 Å². The van der Waals surface area contributed by atoms with Crippen molar-refractivity contribution < 1.29 is 14.3 Å². The van der Waals surface area contributed by atoms with Gasteiger partial charge in [-0.2, -0.15) is 0 Å². The van der Waals surface area contributed by atoms with Crippen molar-refractivity contribution in [2.45, 2.75) is 26.2 Å². The highest BCUT2D eigenvalue weighted by Crippen LogP contribution is 2.32. The lowest BCUT2D eigenvalue weighted by Gasteiger charge is -2.28. The number of hydrogen-bond donors (Lipinski definition) is 0. The Morgan fingerprint density at radius 3 is 2.12 bits per heavy atom. The van der Waals surface area contributed by atoms with Gasteiger partial charge < -0.3 is 9.64 Å². The summed E-state index contributed by atoms with van der Waals surface area (Å²) in [6, 6.07) is 15.5. The van der Waals surface area contributed by atoms with Crippen LogP contribution < -0.4 is 4.90 Å². The van der Waals surface area contributed by atoms with E-state index in [1.165, 1.54) is 24.9 Å². The summed E-state index contributed by atoms with van der Waals surface area (Å²) in [6.45, 7) is 4.08. The topological polar surface area (TPSA) is 46.6 Å². The largest absolute Gasteiger partial charge is 0.462 e. The van der Waals surface area contributed by atoms with Crippen LogP contribution in [0.15, 0.2) is 89.4 Å². The summed E-state index contributed by atoms with van der Waals surface area (Å²) in [5.41, 5.74) is 4.08. The van der Waals surface area contributed by atoms with Crippen LogP contribution in [0.2, 0.25) is 0 Å². The molecule has 1 aliphatic carbocycles. The molecular formula is C28H25NO3. The zero-order chi connectivity index (χ0) is 22.1. The Balaban J connectivity index is 1.39. The lowest BCUT2D eigenvalue weighted by atomic mass is 10.0. The summed E-state index contributed by atoms with van der Waals surface area (Å²) in [4.78, 5) is 28.2. The number of fused-ring (bicyclic) bond motifs is 1. The first-order valence-electron chi connectivity index (χ1n) is 11.1. The van der Waals surface area contributed by atoms with Crippen molar-refractivity contribution in [2.24, 2.45) is 0 Å². The zero-order valence-corrected chi connectivity index (χ0v) is 18.1. The predicted molar refractivity (Wildman–Crippen MR) is 127 cm³/mol. The number of rotatable bonds is 3. The Labute approximate surface area is 188 Å². The minimum Gasteiger partial charge on any atom is -0.462 e. The van der Waals surface area contributed by atoms with Gasteiger partial charge in [-0.15, -0.1) is 0 Å². The van der Waals surface area contributed by atoms with Crippen molar-refractivity contribution in [1.29, 1.82) is 0 Å². The quantitative estimate of drug-likeness (QED) is 0.457. The van der Waals surface area contributed by atoms with E-state index in [2.05, 4.69) is 29.2 Å². The molecule has 3 aliphatic rings. The van der Waals surface area contributed by atoms with Crippen LogP contribution in [0.4, 0.5) is 5.69 Å². The fraction of sp³-hybridized carbons (Fsp3) is 0.214. The third-order valence-corrected chi connectivity index (χ3v) is 6.15. The fourth-order valence-electron chi connectivity index (χ4n) is 4.53. The van der Waals surface area contributed by atoms with Crippen molar-refractivity contribution in [3.63, 3.8) is 0 Å². The molecule has 4 heteroatoms. The molecule has 1 saturated heterocycles. The van der Waals surface area contributed by atoms with Crippen LogP contribution in [0, 0.1) is 0 Å². The Kier molecular flexibility index (Phi) is 5.36. The summed E-state index contributed by atoms with van der Waals surface area (Å²) in [6.07, 6.45) is 11.2. The van der Waals surface area contributed by atoms with Gasteiger partial charge in [-0.05, 0) is 67.7 Å². The monoisotopic (exact) mass is 423 g/mol. The maximum atomic E-state index is 12.9. The van der Waals surface area contributed by atoms with Crippen LogP contribution in [0.5, 0.6) is 0 Å². The molecule has 2 aliphatic heterocycles. The molecule has 0 amide bonds. The summed E-state index contributed by atoms with van der Waals surface area (Å²) >= 11 is 0. The number of ketones is 2. The highest BCUT2D eigenvalue weighted by Gasteiger charge is 2.34. The molecular weight excluding hydrogens is 398 g/mol. The van der Waals surface area contributed by atoms with E-state index in [0.29, 0.717) is 28.2 Å². The first-order chi connectivity index (χ1) is 15.6. The Morgan fingerprint density at radius 2 is 1.47 bits per heavy atom. The lowest BCUT2D eigenvalue weighted by molar-refractivity contribution is 0.0988. The van der Waals surface area contributed by atoms with Gasteiger partial charge in [-0.1, -0.05) is 42.5 Å². The first kappa shape index (κ1) is 20.3. The Hall–Kier alpha value is -3.66. The number of Topliss-reactive ketones (excluding diaryl/α,β-unsaturated/α-hetero) is 2. The first-order valence-corrected chi connectivity index (χ1v) is 11.1. The smallest absolute Gasteiger partial charge is 0.198 e. The van der Waals surface area contributed by atoms with Crippen molar-refractivity contribution in [3.8, 4) is 0 Å². The van der Waals surface area contributed by atoms with Gasteiger partial charge >= 0.3 is 0 Å². The van der Waals surface area contributed by atoms with Crippen LogP contribution in [0.25, 0.3) is 6.08 Å². The summed E-state index contributed by atoms with van der Waals surface area (Å²) < 4.78 is 5.83. The number of nitrogens with zero attached hydrogens (tertiary/aromatic N) is 1. The van der Waals surface area contributed by atoms with E-state index in [9.17, 15) is 9.59 Å². The average molecular weight is 424 g/mol. The van der Waals surface area contributed by atoms with Crippen LogP contribution in [0.1, 0.15) is 52.5 Å². The van der Waals surface area contributed by atoms with Crippen LogP contribution in [-0.2, 0) is 4.74 Å². The molecule has 0 saturated carbocycles. The van der Waals surface area contributed by atoms with E-state index >= 15 is 0 Å². The van der Waals surface area contributed by atoms with Gasteiger partial charge in [-0.3, -0.25) is 9.59 Å². The van der Waals surface area contributed by atoms with E-state index in [0.717, 1.165) is 18.7 Å². The molecule has 32 heavy (non-hydrogen) atoms. The molecule has 0 N–H and O–H groups in total. The lowest BCUT2D eigenvalue weighted by Crippen LogP contribution is -2.29. The molecule has 0 atom stereocenters. The van der Waals surface area contributed by atoms with Gasteiger partial charge in [0, 0.05) is 29.9 Å². The molecule has 5 rings (SSSR count). The molecule has 2 aromatic rings. The van der Waals surface area contributed by atoms with Gasteiger partial charge in [0.2, 0.25) is 0 Å². The summed E-state index contributed by atoms with van der Waals surface area (Å²) in [7, 11) is 0. The van der Waals surface area contributed by atoms with E-state index in [-0.39, 0.29) is 17.1 Å². The number of carbonyl (C=O) groups is 2. The standard InChI is InChI=1S/C28H25NO3/c1-19-17-21(26-27(30)24-7-3-4-8-25(24)28(26)31)18-23(32-19)14-11-20-9-12-22(13-10-20)29-15-5-2-6-16-29/h3-4,7-14,17-18H,2,5-6,15-16H2,1H3/b14-11+. The van der Waals surface area contributed by atoms with Crippen LogP contribution >= 0.6 is 0 Å². The SMILES string of the molecule is CC1=CC(=C2C(=O)c3ccccc3C2=O)C=C(/C=C/c2ccc(N3CCCCC3)cc2)O1. The highest BCUT2D eigenvalue weighted by molar-refractivity contribution is 6.40. The number of piperidine rings is 1. The minimum absolute atomic E-state index is 0.214. The molecule has 160 valence electrons. The number of allylic oxidation sites excluding steroid dienone is 6. The van der Waals surface area contributed by atoms with Gasteiger partial charge in [0.15, 0.2) is 11.6 Å². The molecule has 0 bridgehead atoms. The number of hydrogen-bond acceptors (Lipinski definition) is 4. The second kappa shape index (κ2) is 8.46. The number of benzene rings is 2. The third-order valence-electron chi connectivity index (χ3n) is 6.15. The molecule has 0 unspecified atom stereocenters. The second-order valence-electron chi connectivity index (χ2n) is 8.41. The van der Waals surface area contributed by atoms with Crippen molar-refractivity contribution in [2.75, 3.05) is 18.0 Å². The number of anilines is 1. The van der Waals surface area contributed by atoms with Crippen molar-refractivity contribution in [1.82, 2.24) is 0 Å². The van der Waals surface area contributed by atoms with Gasteiger partial charge in [0.25, 0.3) is 0 Å². The van der Waals surface area contributed by atoms with Crippen LogP contribution in [0.3, 0.4) is 0 Å². The van der Waals surface area contributed by atoms with E-state index in [1.807, 2.05) is 19.1 Å². The molecule has 2 heterocycles. The fourth-order valence-corrected chi connectivity index (χ4v) is 4.53. The number of ether oxygens (including phenoxy) is 1. The van der Waals surface area contributed by atoms with Gasteiger partial charge in [0.1, 0.15) is 11.5 Å². The van der Waals surface area contributed by atoms with Crippen LogP contribution in [-0.4, -0.2) is 24.7 Å². The van der Waals surface area contributed by atoms with E-state index in [4.69, 9.17) is 4.74 Å². The maximum absolute atomic E-state index is 12.9. The summed E-state index contributed by atoms with van der Waals surface area (Å²) in [5, 5.41) is 0. The minimum atomic E-state index is -0.223. The Bertz CT molecular complexity index is 1170. The molecule has 0 spiro atoms. The van der Waals surface area contributed by atoms with Crippen molar-refractivity contribution >= 4 is 23.3 Å². The second-order valence-corrected chi connectivity index (χ2v) is 8.41.